The van der Waals surface area contributed by atoms with E-state index in [4.69, 9.17) is 4.42 Å². The SMILES string of the molecule is CCCNCc1ccc(-c2cnn(C)c2)o1. The van der Waals surface area contributed by atoms with E-state index in [1.54, 1.807) is 4.68 Å². The normalized spacial score (nSPS) is 10.9. The van der Waals surface area contributed by atoms with Crippen molar-refractivity contribution in [2.75, 3.05) is 6.54 Å². The highest BCUT2D eigenvalue weighted by Gasteiger charge is 2.05. The van der Waals surface area contributed by atoms with Crippen molar-refractivity contribution >= 4 is 0 Å². The van der Waals surface area contributed by atoms with E-state index in [1.165, 1.54) is 0 Å². The van der Waals surface area contributed by atoms with Crippen LogP contribution in [0, 0.1) is 0 Å². The number of aromatic nitrogens is 2. The first kappa shape index (κ1) is 11.0. The molecule has 0 saturated carbocycles. The van der Waals surface area contributed by atoms with Gasteiger partial charge >= 0.3 is 0 Å². The zero-order valence-corrected chi connectivity index (χ0v) is 9.73. The van der Waals surface area contributed by atoms with Crippen LogP contribution in [0.1, 0.15) is 19.1 Å². The van der Waals surface area contributed by atoms with Crippen molar-refractivity contribution in [1.82, 2.24) is 15.1 Å². The molecule has 0 fully saturated rings. The molecule has 0 saturated heterocycles. The van der Waals surface area contributed by atoms with Crippen molar-refractivity contribution in [3.05, 3.63) is 30.3 Å². The standard InChI is InChI=1S/C12H17N3O/c1-3-6-13-8-11-4-5-12(16-11)10-7-14-15(2)9-10/h4-5,7,9,13H,3,6,8H2,1-2H3. The van der Waals surface area contributed by atoms with Crippen molar-refractivity contribution in [3.8, 4) is 11.3 Å². The molecule has 0 aromatic carbocycles. The Hall–Kier alpha value is -1.55. The summed E-state index contributed by atoms with van der Waals surface area (Å²) in [4.78, 5) is 0. The minimum Gasteiger partial charge on any atom is -0.460 e. The first-order chi connectivity index (χ1) is 7.79. The third kappa shape index (κ3) is 2.52. The fourth-order valence-corrected chi connectivity index (χ4v) is 1.56. The highest BCUT2D eigenvalue weighted by Crippen LogP contribution is 2.21. The molecule has 0 aliphatic carbocycles. The lowest BCUT2D eigenvalue weighted by molar-refractivity contribution is 0.493. The molecule has 4 heteroatoms. The van der Waals surface area contributed by atoms with Gasteiger partial charge in [0.25, 0.3) is 0 Å². The topological polar surface area (TPSA) is 43.0 Å². The van der Waals surface area contributed by atoms with Gasteiger partial charge in [0.15, 0.2) is 0 Å². The van der Waals surface area contributed by atoms with Crippen LogP contribution in [-0.4, -0.2) is 16.3 Å². The summed E-state index contributed by atoms with van der Waals surface area (Å²) in [6.07, 6.45) is 4.89. The summed E-state index contributed by atoms with van der Waals surface area (Å²) in [6, 6.07) is 3.99. The number of hydrogen-bond donors (Lipinski definition) is 1. The summed E-state index contributed by atoms with van der Waals surface area (Å²) in [5, 5.41) is 7.43. The second-order valence-corrected chi connectivity index (χ2v) is 3.85. The minimum atomic E-state index is 0.786. The molecule has 0 radical (unpaired) electrons. The molecule has 2 aromatic heterocycles. The number of hydrogen-bond acceptors (Lipinski definition) is 3. The summed E-state index contributed by atoms with van der Waals surface area (Å²) < 4.78 is 7.48. The van der Waals surface area contributed by atoms with Crippen molar-refractivity contribution in [1.29, 1.82) is 0 Å². The van der Waals surface area contributed by atoms with E-state index in [0.29, 0.717) is 0 Å². The van der Waals surface area contributed by atoms with E-state index >= 15 is 0 Å². The molecule has 0 aliphatic heterocycles. The zero-order chi connectivity index (χ0) is 11.4. The molecule has 0 atom stereocenters. The second-order valence-electron chi connectivity index (χ2n) is 3.85. The third-order valence-corrected chi connectivity index (χ3v) is 2.38. The summed E-state index contributed by atoms with van der Waals surface area (Å²) in [5.41, 5.74) is 1.02. The van der Waals surface area contributed by atoms with Gasteiger partial charge in [-0.25, -0.2) is 0 Å². The highest BCUT2D eigenvalue weighted by atomic mass is 16.3. The van der Waals surface area contributed by atoms with Gasteiger partial charge in [0, 0.05) is 13.2 Å². The van der Waals surface area contributed by atoms with Crippen LogP contribution in [0.4, 0.5) is 0 Å². The Kier molecular flexibility index (Phi) is 3.41. The van der Waals surface area contributed by atoms with Crippen molar-refractivity contribution in [3.63, 3.8) is 0 Å². The summed E-state index contributed by atoms with van der Waals surface area (Å²) >= 11 is 0. The number of aryl methyl sites for hydroxylation is 1. The van der Waals surface area contributed by atoms with Crippen LogP contribution in [0.25, 0.3) is 11.3 Å². The van der Waals surface area contributed by atoms with E-state index in [0.717, 1.165) is 36.6 Å². The zero-order valence-electron chi connectivity index (χ0n) is 9.73. The summed E-state index contributed by atoms with van der Waals surface area (Å²) in [7, 11) is 1.90. The maximum atomic E-state index is 5.71. The van der Waals surface area contributed by atoms with Crippen LogP contribution in [-0.2, 0) is 13.6 Å². The smallest absolute Gasteiger partial charge is 0.137 e. The number of nitrogens with one attached hydrogen (secondary N) is 1. The number of nitrogens with zero attached hydrogens (tertiary/aromatic N) is 2. The van der Waals surface area contributed by atoms with Gasteiger partial charge in [0.2, 0.25) is 0 Å². The fourth-order valence-electron chi connectivity index (χ4n) is 1.56. The first-order valence-electron chi connectivity index (χ1n) is 5.58. The predicted octanol–water partition coefficient (Wildman–Crippen LogP) is 2.18. The molecule has 0 unspecified atom stereocenters. The van der Waals surface area contributed by atoms with Gasteiger partial charge in [-0.2, -0.15) is 5.10 Å². The van der Waals surface area contributed by atoms with Gasteiger partial charge in [-0.1, -0.05) is 6.92 Å². The van der Waals surface area contributed by atoms with Crippen molar-refractivity contribution in [2.24, 2.45) is 7.05 Å². The van der Waals surface area contributed by atoms with Gasteiger partial charge in [0.1, 0.15) is 11.5 Å². The average Bonchev–Trinajstić information content (AvgIpc) is 2.87. The lowest BCUT2D eigenvalue weighted by Crippen LogP contribution is -2.12. The van der Waals surface area contributed by atoms with Crippen molar-refractivity contribution in [2.45, 2.75) is 19.9 Å². The van der Waals surface area contributed by atoms with Gasteiger partial charge in [0.05, 0.1) is 18.3 Å². The minimum absolute atomic E-state index is 0.786. The molecule has 0 amide bonds. The number of rotatable bonds is 5. The Labute approximate surface area is 95.3 Å². The molecule has 4 nitrogen and oxygen atoms in total. The molecule has 2 aromatic rings. The second kappa shape index (κ2) is 4.99. The van der Waals surface area contributed by atoms with Gasteiger partial charge in [-0.3, -0.25) is 4.68 Å². The van der Waals surface area contributed by atoms with Crippen LogP contribution in [0.3, 0.4) is 0 Å². The van der Waals surface area contributed by atoms with E-state index in [1.807, 2.05) is 31.6 Å². The Bertz CT molecular complexity index is 445. The molecule has 1 N–H and O–H groups in total. The molecular formula is C12H17N3O. The van der Waals surface area contributed by atoms with Crippen LogP contribution in [0.2, 0.25) is 0 Å². The predicted molar refractivity (Wildman–Crippen MR) is 62.9 cm³/mol. The molecule has 0 bridgehead atoms. The quantitative estimate of drug-likeness (QED) is 0.784. The molecule has 0 spiro atoms. The molecule has 2 rings (SSSR count). The third-order valence-electron chi connectivity index (χ3n) is 2.38. The maximum Gasteiger partial charge on any atom is 0.137 e. The largest absolute Gasteiger partial charge is 0.460 e. The Morgan fingerprint density at radius 3 is 3.00 bits per heavy atom. The Balaban J connectivity index is 2.02. The van der Waals surface area contributed by atoms with Gasteiger partial charge in [-0.15, -0.1) is 0 Å². The van der Waals surface area contributed by atoms with E-state index in [9.17, 15) is 0 Å². The molecule has 86 valence electrons. The van der Waals surface area contributed by atoms with Crippen molar-refractivity contribution < 1.29 is 4.42 Å². The lowest BCUT2D eigenvalue weighted by Gasteiger charge is -1.98. The van der Waals surface area contributed by atoms with Crippen LogP contribution < -0.4 is 5.32 Å². The monoisotopic (exact) mass is 219 g/mol. The molecule has 2 heterocycles. The van der Waals surface area contributed by atoms with Crippen LogP contribution >= 0.6 is 0 Å². The summed E-state index contributed by atoms with van der Waals surface area (Å²) in [6.45, 7) is 3.95. The fraction of sp³-hybridized carbons (Fsp3) is 0.417. The van der Waals surface area contributed by atoms with Gasteiger partial charge in [-0.05, 0) is 25.1 Å². The van der Waals surface area contributed by atoms with E-state index in [-0.39, 0.29) is 0 Å². The molecular weight excluding hydrogens is 202 g/mol. The Morgan fingerprint density at radius 2 is 2.31 bits per heavy atom. The molecule has 0 aliphatic rings. The lowest BCUT2D eigenvalue weighted by atomic mass is 10.3. The highest BCUT2D eigenvalue weighted by molar-refractivity contribution is 5.55. The van der Waals surface area contributed by atoms with Crippen LogP contribution in [0.5, 0.6) is 0 Å². The average molecular weight is 219 g/mol. The Morgan fingerprint density at radius 1 is 1.44 bits per heavy atom. The summed E-state index contributed by atoms with van der Waals surface area (Å²) in [5.74, 6) is 1.84. The van der Waals surface area contributed by atoms with Crippen LogP contribution in [0.15, 0.2) is 28.9 Å². The maximum absolute atomic E-state index is 5.71. The van der Waals surface area contributed by atoms with E-state index in [2.05, 4.69) is 17.3 Å². The number of furan rings is 1. The van der Waals surface area contributed by atoms with E-state index < -0.39 is 0 Å². The molecule has 16 heavy (non-hydrogen) atoms. The first-order valence-corrected chi connectivity index (χ1v) is 5.58. The van der Waals surface area contributed by atoms with Gasteiger partial charge < -0.3 is 9.73 Å².